The summed E-state index contributed by atoms with van der Waals surface area (Å²) in [5, 5.41) is 1.71. The summed E-state index contributed by atoms with van der Waals surface area (Å²) in [7, 11) is 0. The van der Waals surface area contributed by atoms with Crippen molar-refractivity contribution in [2.45, 2.75) is 0 Å². The summed E-state index contributed by atoms with van der Waals surface area (Å²) in [5.41, 5.74) is 2.23. The Kier molecular flexibility index (Phi) is 3.94. The number of hydrogen-bond acceptors (Lipinski definition) is 2. The number of rotatable bonds is 4. The third kappa shape index (κ3) is 2.67. The Morgan fingerprint density at radius 2 is 1.50 bits per heavy atom. The van der Waals surface area contributed by atoms with E-state index in [-0.39, 0.29) is 23.7 Å². The fourth-order valence-corrected chi connectivity index (χ4v) is 4.08. The summed E-state index contributed by atoms with van der Waals surface area (Å²) < 4.78 is 0. The van der Waals surface area contributed by atoms with E-state index in [0.29, 0.717) is 17.7 Å². The highest BCUT2D eigenvalue weighted by molar-refractivity contribution is 6.26. The number of nitrogens with zero attached hydrogens (tertiary/aromatic N) is 1. The van der Waals surface area contributed by atoms with Crippen molar-refractivity contribution in [3.05, 3.63) is 102 Å². The van der Waals surface area contributed by atoms with Crippen LogP contribution in [-0.2, 0) is 0 Å². The monoisotopic (exact) mass is 365 g/mol. The molecule has 0 aromatic heterocycles. The average Bonchev–Trinajstić information content (AvgIpc) is 3.42. The second kappa shape index (κ2) is 6.61. The Labute approximate surface area is 163 Å². The van der Waals surface area contributed by atoms with Gasteiger partial charge >= 0.3 is 0 Å². The lowest BCUT2D eigenvalue weighted by Gasteiger charge is -2.28. The fourth-order valence-electron chi connectivity index (χ4n) is 4.08. The third-order valence-electron chi connectivity index (χ3n) is 5.52. The van der Waals surface area contributed by atoms with E-state index in [4.69, 9.17) is 0 Å². The zero-order chi connectivity index (χ0) is 19.1. The molecular formula is C25H19NO2. The van der Waals surface area contributed by atoms with Gasteiger partial charge in [0.25, 0.3) is 11.8 Å². The second-order valence-electron chi connectivity index (χ2n) is 7.29. The number of imide groups is 1. The van der Waals surface area contributed by atoms with E-state index in [1.807, 2.05) is 66.8 Å². The lowest BCUT2D eigenvalue weighted by molar-refractivity contribution is 0.0602. The molecule has 3 nitrogen and oxygen atoms in total. The van der Waals surface area contributed by atoms with E-state index in [1.54, 1.807) is 0 Å². The molecule has 0 spiro atoms. The maximum atomic E-state index is 13.1. The van der Waals surface area contributed by atoms with Crippen molar-refractivity contribution < 1.29 is 9.59 Å². The van der Waals surface area contributed by atoms with Gasteiger partial charge in [0.2, 0.25) is 0 Å². The highest BCUT2D eigenvalue weighted by Crippen LogP contribution is 2.33. The summed E-state index contributed by atoms with van der Waals surface area (Å²) in [6.07, 6.45) is 20.4. The van der Waals surface area contributed by atoms with Crippen LogP contribution in [0, 0.1) is 11.8 Å². The minimum atomic E-state index is -0.209. The van der Waals surface area contributed by atoms with Crippen LogP contribution < -0.4 is 0 Å². The first kappa shape index (κ1) is 16.7. The highest BCUT2D eigenvalue weighted by atomic mass is 16.2. The maximum absolute atomic E-state index is 13.1. The van der Waals surface area contributed by atoms with Crippen LogP contribution in [0.25, 0.3) is 16.8 Å². The highest BCUT2D eigenvalue weighted by Gasteiger charge is 2.33. The van der Waals surface area contributed by atoms with Crippen LogP contribution in [0.15, 0.2) is 85.0 Å². The number of carbonyl (C=O) groups excluding carboxylic acids is 2. The van der Waals surface area contributed by atoms with Gasteiger partial charge in [0.1, 0.15) is 0 Å². The standard InChI is InChI=1S/C25H19NO2/c27-24-21-11-5-10-20-19(13-12-17-6-1-2-7-17)14-15-22(23(20)21)25(28)26(24)16-18-8-3-4-9-18/h1-15,17-18H,16H2/b13-12+. The predicted molar refractivity (Wildman–Crippen MR) is 112 cm³/mol. The summed E-state index contributed by atoms with van der Waals surface area (Å²) in [5.74, 6) is -0.0420. The van der Waals surface area contributed by atoms with Gasteiger partial charge in [0.05, 0.1) is 0 Å². The molecule has 1 heterocycles. The molecule has 2 aliphatic carbocycles. The predicted octanol–water partition coefficient (Wildman–Crippen LogP) is 4.93. The van der Waals surface area contributed by atoms with E-state index in [1.165, 1.54) is 4.90 Å². The van der Waals surface area contributed by atoms with Gasteiger partial charge in [-0.3, -0.25) is 14.5 Å². The molecule has 0 fully saturated rings. The van der Waals surface area contributed by atoms with Gasteiger partial charge in [0.15, 0.2) is 0 Å². The Bertz CT molecular complexity index is 1100. The van der Waals surface area contributed by atoms with Crippen molar-refractivity contribution >= 4 is 28.7 Å². The van der Waals surface area contributed by atoms with Gasteiger partial charge in [-0.05, 0) is 23.1 Å². The summed E-state index contributed by atoms with van der Waals surface area (Å²) in [6.45, 7) is 0.377. The Morgan fingerprint density at radius 1 is 0.821 bits per heavy atom. The number of benzene rings is 2. The quantitative estimate of drug-likeness (QED) is 0.720. The number of carbonyl (C=O) groups is 2. The van der Waals surface area contributed by atoms with Crippen LogP contribution in [0.1, 0.15) is 26.3 Å². The van der Waals surface area contributed by atoms with Crippen molar-refractivity contribution in [3.63, 3.8) is 0 Å². The smallest absolute Gasteiger partial charge is 0.261 e. The Morgan fingerprint density at radius 3 is 2.25 bits per heavy atom. The first-order valence-electron chi connectivity index (χ1n) is 9.52. The maximum Gasteiger partial charge on any atom is 0.261 e. The van der Waals surface area contributed by atoms with Gasteiger partial charge in [-0.25, -0.2) is 0 Å². The van der Waals surface area contributed by atoms with Crippen LogP contribution in [0.2, 0.25) is 0 Å². The molecule has 136 valence electrons. The minimum absolute atomic E-state index is 0.0865. The molecule has 0 saturated carbocycles. The van der Waals surface area contributed by atoms with Gasteiger partial charge in [0, 0.05) is 34.9 Å². The van der Waals surface area contributed by atoms with Crippen LogP contribution in [0.4, 0.5) is 0 Å². The number of allylic oxidation sites excluding steroid dienone is 7. The molecule has 0 atom stereocenters. The molecule has 0 N–H and O–H groups in total. The van der Waals surface area contributed by atoms with Gasteiger partial charge in [-0.1, -0.05) is 79.0 Å². The van der Waals surface area contributed by atoms with Gasteiger partial charge < -0.3 is 0 Å². The molecule has 3 heteroatoms. The Balaban J connectivity index is 1.57. The zero-order valence-electron chi connectivity index (χ0n) is 15.3. The van der Waals surface area contributed by atoms with Crippen LogP contribution in [0.3, 0.4) is 0 Å². The van der Waals surface area contributed by atoms with Crippen molar-refractivity contribution in [2.24, 2.45) is 11.8 Å². The average molecular weight is 365 g/mol. The third-order valence-corrected chi connectivity index (χ3v) is 5.52. The molecule has 0 radical (unpaired) electrons. The zero-order valence-corrected chi connectivity index (χ0v) is 15.3. The molecule has 1 aliphatic heterocycles. The summed E-state index contributed by atoms with van der Waals surface area (Å²) in [4.78, 5) is 27.6. The molecule has 0 unspecified atom stereocenters. The van der Waals surface area contributed by atoms with E-state index in [2.05, 4.69) is 24.3 Å². The molecule has 28 heavy (non-hydrogen) atoms. The second-order valence-corrected chi connectivity index (χ2v) is 7.29. The van der Waals surface area contributed by atoms with E-state index in [0.717, 1.165) is 16.3 Å². The molecule has 3 aliphatic rings. The first-order chi connectivity index (χ1) is 13.7. The molecular weight excluding hydrogens is 346 g/mol. The number of hydrogen-bond donors (Lipinski definition) is 0. The largest absolute Gasteiger partial charge is 0.273 e. The normalized spacial score (nSPS) is 18.6. The van der Waals surface area contributed by atoms with Gasteiger partial charge in [-0.15, -0.1) is 0 Å². The SMILES string of the molecule is O=C1c2cccc3c(/C=C/C4C=CC=C4)ccc(c23)C(=O)N1CC1C=CC=C1. The molecule has 2 amide bonds. The van der Waals surface area contributed by atoms with Crippen LogP contribution in [-0.4, -0.2) is 23.3 Å². The topological polar surface area (TPSA) is 37.4 Å². The molecule has 0 bridgehead atoms. The van der Waals surface area contributed by atoms with E-state index >= 15 is 0 Å². The van der Waals surface area contributed by atoms with Crippen LogP contribution in [0.5, 0.6) is 0 Å². The Hall–Kier alpha value is -3.46. The number of amides is 2. The molecule has 2 aromatic rings. The van der Waals surface area contributed by atoms with E-state index in [9.17, 15) is 9.59 Å². The summed E-state index contributed by atoms with van der Waals surface area (Å²) >= 11 is 0. The van der Waals surface area contributed by atoms with Crippen molar-refractivity contribution in [1.29, 1.82) is 0 Å². The summed E-state index contributed by atoms with van der Waals surface area (Å²) in [6, 6.07) is 9.54. The molecule has 2 aromatic carbocycles. The van der Waals surface area contributed by atoms with Gasteiger partial charge in [-0.2, -0.15) is 0 Å². The lowest BCUT2D eigenvalue weighted by Crippen LogP contribution is -2.42. The van der Waals surface area contributed by atoms with E-state index < -0.39 is 0 Å². The van der Waals surface area contributed by atoms with Crippen molar-refractivity contribution in [2.75, 3.05) is 6.54 Å². The fraction of sp³-hybridized carbons (Fsp3) is 0.120. The van der Waals surface area contributed by atoms with Crippen molar-refractivity contribution in [1.82, 2.24) is 4.90 Å². The molecule has 0 saturated heterocycles. The lowest BCUT2D eigenvalue weighted by atomic mass is 9.90. The molecule has 5 rings (SSSR count). The van der Waals surface area contributed by atoms with Crippen molar-refractivity contribution in [3.8, 4) is 0 Å². The first-order valence-corrected chi connectivity index (χ1v) is 9.52. The minimum Gasteiger partial charge on any atom is -0.273 e. The van der Waals surface area contributed by atoms with Crippen LogP contribution >= 0.6 is 0 Å².